The molecule has 0 aliphatic carbocycles. The number of anilines is 1. The molecule has 1 aromatic rings. The monoisotopic (exact) mass is 284 g/mol. The van der Waals surface area contributed by atoms with Crippen molar-refractivity contribution in [3.8, 4) is 0 Å². The van der Waals surface area contributed by atoms with Gasteiger partial charge in [-0.05, 0) is 0 Å². The average molecular weight is 285 g/mol. The molecule has 5 nitrogen and oxygen atoms in total. The molecule has 0 radical (unpaired) electrons. The van der Waals surface area contributed by atoms with Crippen molar-refractivity contribution >= 4 is 23.0 Å². The van der Waals surface area contributed by atoms with Crippen molar-refractivity contribution in [2.24, 2.45) is 0 Å². The fourth-order valence-corrected chi connectivity index (χ4v) is 1.28. The van der Waals surface area contributed by atoms with Gasteiger partial charge in [0.05, 0.1) is 23.0 Å². The Balaban J connectivity index is 3.15. The highest BCUT2D eigenvalue weighted by Crippen LogP contribution is 2.30. The maximum Gasteiger partial charge on any atom is 0.298 e. The van der Waals surface area contributed by atoms with Crippen LogP contribution in [0.15, 0.2) is 6.07 Å². The molecule has 0 heterocycles. The number of rotatable bonds is 5. The molecule has 18 heavy (non-hydrogen) atoms. The van der Waals surface area contributed by atoms with Crippen LogP contribution in [0.4, 0.5) is 24.5 Å². The molecule has 1 rings (SSSR count). The van der Waals surface area contributed by atoms with Gasteiger partial charge in [0.25, 0.3) is 5.69 Å². The summed E-state index contributed by atoms with van der Waals surface area (Å²) in [5.41, 5.74) is -1.80. The van der Waals surface area contributed by atoms with E-state index < -0.39 is 39.9 Å². The van der Waals surface area contributed by atoms with Crippen molar-refractivity contribution in [1.82, 2.24) is 0 Å². The maximum absolute atomic E-state index is 13.3. The van der Waals surface area contributed by atoms with E-state index in [4.69, 9.17) is 16.7 Å². The summed E-state index contributed by atoms with van der Waals surface area (Å²) in [5.74, 6) is -5.42. The summed E-state index contributed by atoms with van der Waals surface area (Å²) in [5, 5.41) is 21.8. The van der Waals surface area contributed by atoms with E-state index in [0.29, 0.717) is 0 Å². The molecule has 0 aliphatic heterocycles. The fourth-order valence-electron chi connectivity index (χ4n) is 1.17. The number of aliphatic hydroxyl groups is 1. The Morgan fingerprint density at radius 1 is 1.44 bits per heavy atom. The predicted molar refractivity (Wildman–Crippen MR) is 58.2 cm³/mol. The van der Waals surface area contributed by atoms with Crippen LogP contribution in [-0.2, 0) is 0 Å². The lowest BCUT2D eigenvalue weighted by molar-refractivity contribution is -0.384. The van der Waals surface area contributed by atoms with Gasteiger partial charge in [0.1, 0.15) is 0 Å². The molecule has 0 saturated carbocycles. The lowest BCUT2D eigenvalue weighted by Crippen LogP contribution is -2.22. The minimum absolute atomic E-state index is 0.202. The number of nitro benzene ring substituents is 1. The Morgan fingerprint density at radius 3 is 2.56 bits per heavy atom. The standard InChI is InChI=1S/C9H8ClF3N2O3/c10-2-4(16)3-14-9-6(15(17)18)1-5(11)7(12)8(9)13/h1,4,14,16H,2-3H2. The van der Waals surface area contributed by atoms with Crippen LogP contribution in [0, 0.1) is 27.6 Å². The maximum atomic E-state index is 13.3. The van der Waals surface area contributed by atoms with E-state index >= 15 is 0 Å². The number of aliphatic hydroxyl groups excluding tert-OH is 1. The third kappa shape index (κ3) is 3.02. The average Bonchev–Trinajstić information content (AvgIpc) is 2.33. The zero-order valence-corrected chi connectivity index (χ0v) is 9.55. The highest BCUT2D eigenvalue weighted by Gasteiger charge is 2.25. The zero-order valence-electron chi connectivity index (χ0n) is 8.79. The van der Waals surface area contributed by atoms with E-state index in [2.05, 4.69) is 5.32 Å². The lowest BCUT2D eigenvalue weighted by atomic mass is 10.2. The van der Waals surface area contributed by atoms with Crippen LogP contribution >= 0.6 is 11.6 Å². The summed E-state index contributed by atoms with van der Waals surface area (Å²) in [6, 6.07) is 0.258. The van der Waals surface area contributed by atoms with Crippen LogP contribution in [0.1, 0.15) is 0 Å². The van der Waals surface area contributed by atoms with Gasteiger partial charge in [-0.3, -0.25) is 10.1 Å². The number of benzene rings is 1. The van der Waals surface area contributed by atoms with Crippen molar-refractivity contribution in [1.29, 1.82) is 0 Å². The first-order valence-corrected chi connectivity index (χ1v) is 5.21. The summed E-state index contributed by atoms with van der Waals surface area (Å²) in [6.45, 7) is -0.341. The Bertz CT molecular complexity index is 473. The van der Waals surface area contributed by atoms with E-state index in [9.17, 15) is 23.3 Å². The van der Waals surface area contributed by atoms with Crippen LogP contribution in [0.25, 0.3) is 0 Å². The molecule has 0 amide bonds. The van der Waals surface area contributed by atoms with Crippen LogP contribution < -0.4 is 5.32 Å². The number of hydrogen-bond acceptors (Lipinski definition) is 4. The van der Waals surface area contributed by atoms with E-state index in [1.54, 1.807) is 0 Å². The molecule has 0 saturated heterocycles. The molecule has 2 N–H and O–H groups in total. The number of hydrogen-bond donors (Lipinski definition) is 2. The van der Waals surface area contributed by atoms with Crippen molar-refractivity contribution in [2.75, 3.05) is 17.7 Å². The topological polar surface area (TPSA) is 75.4 Å². The highest BCUT2D eigenvalue weighted by atomic mass is 35.5. The molecule has 1 unspecified atom stereocenters. The van der Waals surface area contributed by atoms with Crippen molar-refractivity contribution < 1.29 is 23.2 Å². The summed E-state index contributed by atoms with van der Waals surface area (Å²) < 4.78 is 39.1. The van der Waals surface area contributed by atoms with Gasteiger partial charge >= 0.3 is 0 Å². The number of halogens is 4. The first-order chi connectivity index (χ1) is 8.38. The summed E-state index contributed by atoms with van der Waals surface area (Å²) >= 11 is 5.27. The highest BCUT2D eigenvalue weighted by molar-refractivity contribution is 6.18. The van der Waals surface area contributed by atoms with Gasteiger partial charge in [0.2, 0.25) is 0 Å². The second-order valence-electron chi connectivity index (χ2n) is 3.33. The third-order valence-corrected chi connectivity index (χ3v) is 2.39. The van der Waals surface area contributed by atoms with Crippen molar-refractivity contribution in [2.45, 2.75) is 6.10 Å². The Hall–Kier alpha value is -1.54. The lowest BCUT2D eigenvalue weighted by Gasteiger charge is -2.11. The summed E-state index contributed by atoms with van der Waals surface area (Å²) in [6.07, 6.45) is -1.11. The van der Waals surface area contributed by atoms with Gasteiger partial charge in [-0.15, -0.1) is 11.6 Å². The molecule has 9 heteroatoms. The van der Waals surface area contributed by atoms with Crippen molar-refractivity contribution in [3.05, 3.63) is 33.6 Å². The third-order valence-electron chi connectivity index (χ3n) is 2.03. The quantitative estimate of drug-likeness (QED) is 0.375. The molecular formula is C9H8ClF3N2O3. The Morgan fingerprint density at radius 2 is 2.06 bits per heavy atom. The first-order valence-electron chi connectivity index (χ1n) is 4.68. The van der Waals surface area contributed by atoms with E-state index in [1.165, 1.54) is 0 Å². The predicted octanol–water partition coefficient (Wildman–Crippen LogP) is 2.02. The zero-order chi connectivity index (χ0) is 13.9. The fraction of sp³-hybridized carbons (Fsp3) is 0.333. The van der Waals surface area contributed by atoms with Gasteiger partial charge < -0.3 is 10.4 Å². The first kappa shape index (κ1) is 14.5. The van der Waals surface area contributed by atoms with Crippen LogP contribution in [0.2, 0.25) is 0 Å². The second-order valence-corrected chi connectivity index (χ2v) is 3.64. The Kier molecular flexibility index (Phi) is 4.74. The molecule has 0 bridgehead atoms. The largest absolute Gasteiger partial charge is 0.390 e. The number of alkyl halides is 1. The van der Waals surface area contributed by atoms with Gasteiger partial charge in [0, 0.05) is 6.54 Å². The van der Waals surface area contributed by atoms with Crippen LogP contribution in [0.3, 0.4) is 0 Å². The SMILES string of the molecule is O=[N+]([O-])c1cc(F)c(F)c(F)c1NCC(O)CCl. The van der Waals surface area contributed by atoms with Gasteiger partial charge in [-0.1, -0.05) is 0 Å². The van der Waals surface area contributed by atoms with E-state index in [0.717, 1.165) is 0 Å². The smallest absolute Gasteiger partial charge is 0.298 e. The summed E-state index contributed by atoms with van der Waals surface area (Å²) in [4.78, 5) is 9.50. The van der Waals surface area contributed by atoms with Gasteiger partial charge in [-0.25, -0.2) is 13.2 Å². The molecule has 0 spiro atoms. The summed E-state index contributed by atoms with van der Waals surface area (Å²) in [7, 11) is 0. The minimum Gasteiger partial charge on any atom is -0.390 e. The van der Waals surface area contributed by atoms with Crippen molar-refractivity contribution in [3.63, 3.8) is 0 Å². The molecule has 1 atom stereocenters. The van der Waals surface area contributed by atoms with Crippen LogP contribution in [-0.4, -0.2) is 28.6 Å². The van der Waals surface area contributed by atoms with Crippen LogP contribution in [0.5, 0.6) is 0 Å². The number of nitrogens with zero attached hydrogens (tertiary/aromatic N) is 1. The number of nitro groups is 1. The van der Waals surface area contributed by atoms with Gasteiger partial charge in [-0.2, -0.15) is 0 Å². The molecule has 0 fully saturated rings. The molecule has 1 aromatic carbocycles. The number of nitrogens with one attached hydrogen (secondary N) is 1. The Labute approximate surface area is 104 Å². The van der Waals surface area contributed by atoms with E-state index in [-0.39, 0.29) is 18.5 Å². The second kappa shape index (κ2) is 5.87. The normalized spacial score (nSPS) is 12.3. The molecule has 100 valence electrons. The molecule has 0 aliphatic rings. The minimum atomic E-state index is -1.83. The molecular weight excluding hydrogens is 277 g/mol. The van der Waals surface area contributed by atoms with Gasteiger partial charge in [0.15, 0.2) is 23.1 Å². The molecule has 0 aromatic heterocycles. The van der Waals surface area contributed by atoms with E-state index in [1.807, 2.05) is 0 Å².